The molecule has 3 heterocycles. The van der Waals surface area contributed by atoms with Crippen LogP contribution in [-0.2, 0) is 6.54 Å². The highest BCUT2D eigenvalue weighted by Gasteiger charge is 2.22. The molecule has 8 nitrogen and oxygen atoms in total. The number of aromatic nitrogens is 3. The molecule has 4 rings (SSSR count). The van der Waals surface area contributed by atoms with Gasteiger partial charge in [0.05, 0.1) is 11.2 Å². The Kier molecular flexibility index (Phi) is 7.36. The number of hydrogen-bond donors (Lipinski definition) is 2. The van der Waals surface area contributed by atoms with E-state index in [0.29, 0.717) is 23.2 Å². The number of amides is 1. The van der Waals surface area contributed by atoms with E-state index in [2.05, 4.69) is 46.3 Å². The van der Waals surface area contributed by atoms with Crippen molar-refractivity contribution in [3.63, 3.8) is 0 Å². The van der Waals surface area contributed by atoms with Crippen LogP contribution in [0, 0.1) is 0 Å². The van der Waals surface area contributed by atoms with Gasteiger partial charge < -0.3 is 15.4 Å². The van der Waals surface area contributed by atoms with Crippen molar-refractivity contribution in [2.45, 2.75) is 52.7 Å². The summed E-state index contributed by atoms with van der Waals surface area (Å²) in [7, 11) is 3.86. The molecule has 2 N–H and O–H groups in total. The maximum absolute atomic E-state index is 12.8. The number of carbonyl (C=O) groups excluding carboxylic acids is 1. The lowest BCUT2D eigenvalue weighted by Gasteiger charge is -2.31. The van der Waals surface area contributed by atoms with Gasteiger partial charge >= 0.3 is 0 Å². The lowest BCUT2D eigenvalue weighted by atomic mass is 10.1. The summed E-state index contributed by atoms with van der Waals surface area (Å²) in [6.07, 6.45) is 1.69. The Hall–Kier alpha value is -3.01. The smallest absolute Gasteiger partial charge is 0.263 e. The van der Waals surface area contributed by atoms with Crippen LogP contribution in [0.4, 0.5) is 5.69 Å². The van der Waals surface area contributed by atoms with Crippen LogP contribution in [0.25, 0.3) is 21.0 Å². The van der Waals surface area contributed by atoms with Gasteiger partial charge in [0.25, 0.3) is 5.91 Å². The van der Waals surface area contributed by atoms with Gasteiger partial charge in [0.1, 0.15) is 4.88 Å². The molecule has 0 aliphatic heterocycles. The molecule has 0 aliphatic rings. The zero-order chi connectivity index (χ0) is 26.2. The summed E-state index contributed by atoms with van der Waals surface area (Å²) in [5.41, 5.74) is 2.31. The molecule has 3 aromatic heterocycles. The summed E-state index contributed by atoms with van der Waals surface area (Å²) in [6.45, 7) is 10.9. The van der Waals surface area contributed by atoms with Crippen LogP contribution in [0.2, 0.25) is 5.28 Å². The van der Waals surface area contributed by atoms with Crippen LogP contribution >= 0.6 is 22.9 Å². The van der Waals surface area contributed by atoms with Crippen molar-refractivity contribution >= 4 is 55.5 Å². The van der Waals surface area contributed by atoms with E-state index in [1.54, 1.807) is 12.3 Å². The first kappa shape index (κ1) is 26.1. The molecule has 1 amide bonds. The van der Waals surface area contributed by atoms with Crippen molar-refractivity contribution in [3.05, 3.63) is 46.2 Å². The number of anilines is 1. The maximum atomic E-state index is 12.8. The largest absolute Gasteiger partial charge is 0.420 e. The molecular weight excluding hydrogens is 496 g/mol. The first-order valence-electron chi connectivity index (χ1n) is 11.7. The molecule has 0 unspecified atom stereocenters. The fourth-order valence-corrected chi connectivity index (χ4v) is 4.98. The average Bonchev–Trinajstić information content (AvgIpc) is 3.19. The summed E-state index contributed by atoms with van der Waals surface area (Å²) < 4.78 is 7.12. The summed E-state index contributed by atoms with van der Waals surface area (Å²) >= 11 is 7.55. The van der Waals surface area contributed by atoms with Crippen LogP contribution in [-0.4, -0.2) is 51.4 Å². The molecule has 0 bridgehead atoms. The standard InChI is InChI=1S/C26H31ClN6O2S/c1-14(2)30-23(34)22-21(28-6)20-16-8-11-19(31-17(16)9-10-18(20)36-22)35-24-15(12-29-25(27)32-24)13-33(7)26(3,4)5/h8-12,14,28H,13H2,1-7H3,(H,30,34). The fraction of sp³-hybridized carbons (Fsp3) is 0.385. The zero-order valence-corrected chi connectivity index (χ0v) is 23.1. The van der Waals surface area contributed by atoms with Crippen molar-refractivity contribution < 1.29 is 9.53 Å². The lowest BCUT2D eigenvalue weighted by Crippen LogP contribution is -2.37. The number of carbonyl (C=O) groups is 1. The van der Waals surface area contributed by atoms with Crippen LogP contribution in [0.15, 0.2) is 30.5 Å². The van der Waals surface area contributed by atoms with Gasteiger partial charge in [-0.15, -0.1) is 11.3 Å². The Balaban J connectivity index is 1.72. The second-order valence-electron chi connectivity index (χ2n) is 9.94. The third-order valence-electron chi connectivity index (χ3n) is 5.92. The molecule has 10 heteroatoms. The van der Waals surface area contributed by atoms with Gasteiger partial charge in [0.15, 0.2) is 0 Å². The van der Waals surface area contributed by atoms with Gasteiger partial charge in [-0.3, -0.25) is 9.69 Å². The van der Waals surface area contributed by atoms with Gasteiger partial charge in [-0.2, -0.15) is 4.98 Å². The Bertz CT molecular complexity index is 1430. The van der Waals surface area contributed by atoms with Gasteiger partial charge in [0.2, 0.25) is 17.0 Å². The van der Waals surface area contributed by atoms with Crippen LogP contribution < -0.4 is 15.4 Å². The van der Waals surface area contributed by atoms with Gasteiger partial charge in [-0.05, 0) is 71.5 Å². The number of fused-ring (bicyclic) bond motifs is 3. The normalized spacial score (nSPS) is 12.1. The molecule has 0 saturated carbocycles. The number of rotatable bonds is 7. The highest BCUT2D eigenvalue weighted by atomic mass is 35.5. The average molecular weight is 527 g/mol. The molecule has 0 atom stereocenters. The first-order chi connectivity index (χ1) is 17.0. The van der Waals surface area contributed by atoms with E-state index < -0.39 is 0 Å². The lowest BCUT2D eigenvalue weighted by molar-refractivity contribution is 0.0948. The van der Waals surface area contributed by atoms with Crippen molar-refractivity contribution in [2.24, 2.45) is 0 Å². The minimum Gasteiger partial charge on any atom is -0.420 e. The molecule has 0 fully saturated rings. The molecule has 0 saturated heterocycles. The zero-order valence-electron chi connectivity index (χ0n) is 21.6. The third kappa shape index (κ3) is 5.38. The van der Waals surface area contributed by atoms with Gasteiger partial charge in [0, 0.05) is 58.5 Å². The summed E-state index contributed by atoms with van der Waals surface area (Å²) in [4.78, 5) is 28.8. The van der Waals surface area contributed by atoms with E-state index in [1.165, 1.54) is 11.3 Å². The number of benzene rings is 1. The van der Waals surface area contributed by atoms with Crippen LogP contribution in [0.1, 0.15) is 49.9 Å². The van der Waals surface area contributed by atoms with Crippen molar-refractivity contribution in [1.82, 2.24) is 25.2 Å². The molecular formula is C26H31ClN6O2S. The number of nitrogens with zero attached hydrogens (tertiary/aromatic N) is 4. The van der Waals surface area contributed by atoms with E-state index in [0.717, 1.165) is 32.2 Å². The predicted octanol–water partition coefficient (Wildman–Crippen LogP) is 6.10. The second-order valence-corrected chi connectivity index (χ2v) is 11.3. The third-order valence-corrected chi connectivity index (χ3v) is 7.26. The summed E-state index contributed by atoms with van der Waals surface area (Å²) in [5.74, 6) is 0.679. The topological polar surface area (TPSA) is 92.3 Å². The van der Waals surface area contributed by atoms with Crippen LogP contribution in [0.5, 0.6) is 11.8 Å². The minimum atomic E-state index is -0.0926. The number of pyridine rings is 1. The van der Waals surface area contributed by atoms with Crippen molar-refractivity contribution in [3.8, 4) is 11.8 Å². The van der Waals surface area contributed by atoms with Gasteiger partial charge in [-0.1, -0.05) is 0 Å². The summed E-state index contributed by atoms with van der Waals surface area (Å²) in [5, 5.41) is 8.20. The molecule has 0 aliphatic carbocycles. The maximum Gasteiger partial charge on any atom is 0.263 e. The monoisotopic (exact) mass is 526 g/mol. The number of nitrogens with one attached hydrogen (secondary N) is 2. The van der Waals surface area contributed by atoms with E-state index in [4.69, 9.17) is 21.3 Å². The Morgan fingerprint density at radius 2 is 1.94 bits per heavy atom. The Labute approximate surface area is 220 Å². The molecule has 1 aromatic carbocycles. The molecule has 0 radical (unpaired) electrons. The summed E-state index contributed by atoms with van der Waals surface area (Å²) in [6, 6.07) is 7.74. The predicted molar refractivity (Wildman–Crippen MR) is 148 cm³/mol. The SMILES string of the molecule is CNc1c(C(=O)NC(C)C)sc2ccc3nc(Oc4nc(Cl)ncc4CN(C)C(C)(C)C)ccc3c12. The van der Waals surface area contributed by atoms with Crippen molar-refractivity contribution in [2.75, 3.05) is 19.4 Å². The molecule has 36 heavy (non-hydrogen) atoms. The second kappa shape index (κ2) is 10.2. The highest BCUT2D eigenvalue weighted by Crippen LogP contribution is 2.40. The Morgan fingerprint density at radius 1 is 1.19 bits per heavy atom. The number of thiophene rings is 1. The van der Waals surface area contributed by atoms with E-state index in [-0.39, 0.29) is 22.8 Å². The highest BCUT2D eigenvalue weighted by molar-refractivity contribution is 7.21. The quantitative estimate of drug-likeness (QED) is 0.281. The van der Waals surface area contributed by atoms with Crippen LogP contribution in [0.3, 0.4) is 0 Å². The first-order valence-corrected chi connectivity index (χ1v) is 12.9. The number of hydrogen-bond acceptors (Lipinski definition) is 8. The Morgan fingerprint density at radius 3 is 2.61 bits per heavy atom. The molecule has 0 spiro atoms. The molecule has 4 aromatic rings. The fourth-order valence-electron chi connectivity index (χ4n) is 3.73. The molecule has 190 valence electrons. The van der Waals surface area contributed by atoms with E-state index >= 15 is 0 Å². The van der Waals surface area contributed by atoms with Crippen molar-refractivity contribution in [1.29, 1.82) is 0 Å². The van der Waals surface area contributed by atoms with E-state index in [1.807, 2.05) is 46.1 Å². The number of ether oxygens (including phenoxy) is 1. The van der Waals surface area contributed by atoms with E-state index in [9.17, 15) is 4.79 Å². The number of halogens is 1. The van der Waals surface area contributed by atoms with Gasteiger partial charge in [-0.25, -0.2) is 9.97 Å². The minimum absolute atomic E-state index is 0.0417.